The number of rotatable bonds is 2. The highest BCUT2D eigenvalue weighted by Gasteiger charge is 1.95. The van der Waals surface area contributed by atoms with E-state index in [1.165, 1.54) is 5.56 Å². The Kier molecular flexibility index (Phi) is 3.40. The monoisotopic (exact) mass is 225 g/mol. The van der Waals surface area contributed by atoms with Gasteiger partial charge in [0.05, 0.1) is 5.69 Å². The summed E-state index contributed by atoms with van der Waals surface area (Å²) in [4.78, 5) is 4.27. The highest BCUT2D eigenvalue weighted by atomic mass is 15.1. The van der Waals surface area contributed by atoms with Crippen LogP contribution in [0.4, 0.5) is 11.4 Å². The Morgan fingerprint density at radius 3 is 2.53 bits per heavy atom. The van der Waals surface area contributed by atoms with E-state index in [2.05, 4.69) is 10.3 Å². The minimum Gasteiger partial charge on any atom is -0.369 e. The number of hydrogen-bond donors (Lipinski definition) is 2. The molecule has 0 saturated heterocycles. The molecule has 0 amide bonds. The predicted molar refractivity (Wildman–Crippen MR) is 72.5 cm³/mol. The van der Waals surface area contributed by atoms with E-state index < -0.39 is 0 Å². The van der Waals surface area contributed by atoms with Crippen molar-refractivity contribution in [3.8, 4) is 0 Å². The van der Waals surface area contributed by atoms with Gasteiger partial charge < -0.3 is 11.1 Å². The van der Waals surface area contributed by atoms with Crippen molar-refractivity contribution >= 4 is 17.3 Å². The molecule has 0 heterocycles. The van der Waals surface area contributed by atoms with E-state index in [4.69, 9.17) is 5.73 Å². The van der Waals surface area contributed by atoms with E-state index in [9.17, 15) is 0 Å². The topological polar surface area (TPSA) is 50.4 Å². The number of nitrogens with one attached hydrogen (secondary N) is 1. The molecule has 3 N–H and O–H groups in total. The molecule has 0 radical (unpaired) electrons. The van der Waals surface area contributed by atoms with Gasteiger partial charge in [-0.15, -0.1) is 0 Å². The maximum atomic E-state index is 5.83. The summed E-state index contributed by atoms with van der Waals surface area (Å²) >= 11 is 0. The van der Waals surface area contributed by atoms with Gasteiger partial charge in [-0.2, -0.15) is 0 Å². The maximum Gasteiger partial charge on any atom is 0.198 e. The van der Waals surface area contributed by atoms with Crippen molar-refractivity contribution in [3.63, 3.8) is 0 Å². The standard InChI is InChI=1S/C14H15N3/c1-11-6-5-9-13(10-11)17-14(15)16-12-7-3-2-4-8-12/h2-10H,1H3,(H3,15,16,17). The molecule has 0 aliphatic heterocycles. The Labute approximate surface area is 101 Å². The molecule has 0 saturated carbocycles. The summed E-state index contributed by atoms with van der Waals surface area (Å²) in [5.74, 6) is 0.391. The predicted octanol–water partition coefficient (Wildman–Crippen LogP) is 3.05. The second kappa shape index (κ2) is 5.16. The third kappa shape index (κ3) is 3.34. The summed E-state index contributed by atoms with van der Waals surface area (Å²) in [7, 11) is 0. The van der Waals surface area contributed by atoms with Gasteiger partial charge in [0.1, 0.15) is 0 Å². The van der Waals surface area contributed by atoms with Crippen LogP contribution >= 0.6 is 0 Å². The summed E-state index contributed by atoms with van der Waals surface area (Å²) in [6.07, 6.45) is 0. The van der Waals surface area contributed by atoms with E-state index in [0.29, 0.717) is 5.96 Å². The van der Waals surface area contributed by atoms with E-state index in [-0.39, 0.29) is 0 Å². The minimum absolute atomic E-state index is 0.391. The van der Waals surface area contributed by atoms with Crippen LogP contribution in [0.2, 0.25) is 0 Å². The Morgan fingerprint density at radius 2 is 1.82 bits per heavy atom. The lowest BCUT2D eigenvalue weighted by Gasteiger charge is -2.06. The fourth-order valence-corrected chi connectivity index (χ4v) is 1.54. The number of benzene rings is 2. The van der Waals surface area contributed by atoms with Gasteiger partial charge in [-0.05, 0) is 36.8 Å². The zero-order valence-electron chi connectivity index (χ0n) is 9.72. The fraction of sp³-hybridized carbons (Fsp3) is 0.0714. The van der Waals surface area contributed by atoms with Crippen LogP contribution in [0.25, 0.3) is 0 Å². The van der Waals surface area contributed by atoms with Gasteiger partial charge in [0, 0.05) is 5.69 Å². The molecular weight excluding hydrogens is 210 g/mol. The van der Waals surface area contributed by atoms with Gasteiger partial charge in [0.15, 0.2) is 5.96 Å². The number of nitrogens with zero attached hydrogens (tertiary/aromatic N) is 1. The Hall–Kier alpha value is -2.29. The molecule has 3 nitrogen and oxygen atoms in total. The summed E-state index contributed by atoms with van der Waals surface area (Å²) < 4.78 is 0. The van der Waals surface area contributed by atoms with Crippen molar-refractivity contribution in [2.45, 2.75) is 6.92 Å². The number of nitrogens with two attached hydrogens (primary N) is 1. The number of guanidine groups is 1. The van der Waals surface area contributed by atoms with Crippen molar-refractivity contribution in [2.75, 3.05) is 5.32 Å². The number of aryl methyl sites for hydroxylation is 1. The van der Waals surface area contributed by atoms with E-state index in [1.807, 2.05) is 61.5 Å². The number of anilines is 1. The molecule has 2 aromatic carbocycles. The molecule has 0 spiro atoms. The third-order valence-corrected chi connectivity index (χ3v) is 2.30. The maximum absolute atomic E-state index is 5.83. The van der Waals surface area contributed by atoms with Crippen LogP contribution in [-0.4, -0.2) is 5.96 Å². The molecule has 0 atom stereocenters. The normalized spacial score (nSPS) is 11.2. The molecule has 0 fully saturated rings. The molecule has 0 aliphatic carbocycles. The Balaban J connectivity index is 2.12. The van der Waals surface area contributed by atoms with Crippen molar-refractivity contribution in [3.05, 3.63) is 60.2 Å². The first-order chi connectivity index (χ1) is 8.24. The average molecular weight is 225 g/mol. The Bertz CT molecular complexity index is 518. The van der Waals surface area contributed by atoms with Gasteiger partial charge in [-0.3, -0.25) is 0 Å². The van der Waals surface area contributed by atoms with Crippen molar-refractivity contribution < 1.29 is 0 Å². The van der Waals surface area contributed by atoms with Crippen LogP contribution in [0.3, 0.4) is 0 Å². The van der Waals surface area contributed by atoms with Crippen LogP contribution in [-0.2, 0) is 0 Å². The van der Waals surface area contributed by atoms with Crippen molar-refractivity contribution in [1.29, 1.82) is 0 Å². The number of aliphatic imine (C=N–C) groups is 1. The van der Waals surface area contributed by atoms with Crippen molar-refractivity contribution in [1.82, 2.24) is 0 Å². The summed E-state index contributed by atoms with van der Waals surface area (Å²) in [6.45, 7) is 2.04. The molecular formula is C14H15N3. The highest BCUT2D eigenvalue weighted by Crippen LogP contribution is 2.12. The van der Waals surface area contributed by atoms with Gasteiger partial charge >= 0.3 is 0 Å². The van der Waals surface area contributed by atoms with E-state index in [0.717, 1.165) is 11.4 Å². The number of para-hydroxylation sites is 1. The van der Waals surface area contributed by atoms with Gasteiger partial charge in [-0.1, -0.05) is 30.3 Å². The first-order valence-corrected chi connectivity index (χ1v) is 5.47. The molecule has 0 unspecified atom stereocenters. The fourth-order valence-electron chi connectivity index (χ4n) is 1.54. The molecule has 0 aliphatic rings. The van der Waals surface area contributed by atoms with Crippen LogP contribution in [0.5, 0.6) is 0 Å². The van der Waals surface area contributed by atoms with Crippen LogP contribution in [0, 0.1) is 6.92 Å². The second-order valence-corrected chi connectivity index (χ2v) is 3.83. The average Bonchev–Trinajstić information content (AvgIpc) is 2.30. The van der Waals surface area contributed by atoms with Gasteiger partial charge in [0.25, 0.3) is 0 Å². The van der Waals surface area contributed by atoms with Crippen LogP contribution in [0.15, 0.2) is 59.6 Å². The zero-order chi connectivity index (χ0) is 12.1. The SMILES string of the molecule is Cc1cccc(NC(N)=Nc2ccccc2)c1. The smallest absolute Gasteiger partial charge is 0.198 e. The van der Waals surface area contributed by atoms with E-state index >= 15 is 0 Å². The molecule has 0 aromatic heterocycles. The van der Waals surface area contributed by atoms with E-state index in [1.54, 1.807) is 0 Å². The summed E-state index contributed by atoms with van der Waals surface area (Å²) in [6, 6.07) is 17.6. The molecule has 17 heavy (non-hydrogen) atoms. The zero-order valence-corrected chi connectivity index (χ0v) is 9.72. The quantitative estimate of drug-likeness (QED) is 0.609. The van der Waals surface area contributed by atoms with Gasteiger partial charge in [-0.25, -0.2) is 4.99 Å². The lowest BCUT2D eigenvalue weighted by molar-refractivity contribution is 1.42. The summed E-state index contributed by atoms with van der Waals surface area (Å²) in [5.41, 5.74) is 8.79. The molecule has 2 aromatic rings. The molecule has 3 heteroatoms. The van der Waals surface area contributed by atoms with Crippen molar-refractivity contribution in [2.24, 2.45) is 10.7 Å². The summed E-state index contributed by atoms with van der Waals surface area (Å²) in [5, 5.41) is 3.06. The third-order valence-electron chi connectivity index (χ3n) is 2.30. The van der Waals surface area contributed by atoms with Crippen LogP contribution < -0.4 is 11.1 Å². The largest absolute Gasteiger partial charge is 0.369 e. The van der Waals surface area contributed by atoms with Gasteiger partial charge in [0.2, 0.25) is 0 Å². The lowest BCUT2D eigenvalue weighted by Crippen LogP contribution is -2.21. The highest BCUT2D eigenvalue weighted by molar-refractivity contribution is 5.94. The van der Waals surface area contributed by atoms with Crippen LogP contribution in [0.1, 0.15) is 5.56 Å². The first-order valence-electron chi connectivity index (χ1n) is 5.47. The molecule has 86 valence electrons. The first kappa shape index (κ1) is 11.2. The molecule has 2 rings (SSSR count). The number of hydrogen-bond acceptors (Lipinski definition) is 1. The second-order valence-electron chi connectivity index (χ2n) is 3.83. The molecule has 0 bridgehead atoms. The minimum atomic E-state index is 0.391. The lowest BCUT2D eigenvalue weighted by atomic mass is 10.2. The Morgan fingerprint density at radius 1 is 1.06 bits per heavy atom.